The highest BCUT2D eigenvalue weighted by Gasteiger charge is 2.32. The molecule has 1 fully saturated rings. The van der Waals surface area contributed by atoms with Gasteiger partial charge in [0.2, 0.25) is 0 Å². The highest BCUT2D eigenvalue weighted by Crippen LogP contribution is 2.26. The molecule has 2 amide bonds. The van der Waals surface area contributed by atoms with Crippen molar-refractivity contribution < 1.29 is 4.79 Å². The van der Waals surface area contributed by atoms with Gasteiger partial charge < -0.3 is 9.47 Å². The smallest absolute Gasteiger partial charge is 0.314 e. The van der Waals surface area contributed by atoms with Crippen molar-refractivity contribution in [3.63, 3.8) is 0 Å². The summed E-state index contributed by atoms with van der Waals surface area (Å²) in [5.41, 5.74) is 2.15. The summed E-state index contributed by atoms with van der Waals surface area (Å²) in [6, 6.07) is 12.8. The molecule has 1 aliphatic heterocycles. The Bertz CT molecular complexity index is 1110. The summed E-state index contributed by atoms with van der Waals surface area (Å²) in [6.07, 6.45) is 6.41. The summed E-state index contributed by atoms with van der Waals surface area (Å²) in [5, 5.41) is 16.0. The van der Waals surface area contributed by atoms with Gasteiger partial charge in [0.15, 0.2) is 5.84 Å². The van der Waals surface area contributed by atoms with Gasteiger partial charge in [-0.1, -0.05) is 12.1 Å². The van der Waals surface area contributed by atoms with Crippen molar-refractivity contribution in [1.29, 1.82) is 10.8 Å². The number of carbonyl (C=O) groups excluding carboxylic acids is 1. The van der Waals surface area contributed by atoms with E-state index in [4.69, 9.17) is 10.8 Å². The second-order valence-corrected chi connectivity index (χ2v) is 7.44. The molecule has 3 aromatic rings. The van der Waals surface area contributed by atoms with Crippen molar-refractivity contribution in [1.82, 2.24) is 19.4 Å². The number of hydrogen-bond donors (Lipinski definition) is 2. The molecular weight excluding hydrogens is 392 g/mol. The first-order valence-electron chi connectivity index (χ1n) is 10.0. The maximum absolute atomic E-state index is 13.2. The lowest BCUT2D eigenvalue weighted by Gasteiger charge is -2.24. The predicted molar refractivity (Wildman–Crippen MR) is 120 cm³/mol. The van der Waals surface area contributed by atoms with Crippen LogP contribution in [-0.4, -0.2) is 56.8 Å². The van der Waals surface area contributed by atoms with Crippen LogP contribution in [0.15, 0.2) is 61.2 Å². The molecule has 2 N–H and O–H groups in total. The number of amidine groups is 1. The van der Waals surface area contributed by atoms with E-state index >= 15 is 0 Å². The monoisotopic (exact) mass is 416 g/mol. The highest BCUT2D eigenvalue weighted by atomic mass is 16.2. The second-order valence-electron chi connectivity index (χ2n) is 7.44. The second kappa shape index (κ2) is 8.39. The van der Waals surface area contributed by atoms with E-state index < -0.39 is 0 Å². The number of hydrogen-bond acceptors (Lipinski definition) is 5. The molecule has 1 aliphatic rings. The van der Waals surface area contributed by atoms with Gasteiger partial charge in [0.05, 0.1) is 12.7 Å². The number of nitrogens with one attached hydrogen (secondary N) is 2. The van der Waals surface area contributed by atoms with Crippen molar-refractivity contribution in [2.75, 3.05) is 22.9 Å². The Labute approximate surface area is 180 Å². The van der Waals surface area contributed by atoms with Crippen LogP contribution in [0.5, 0.6) is 0 Å². The topological polar surface area (TPSA) is 105 Å². The Hall–Kier alpha value is -4.01. The van der Waals surface area contributed by atoms with Crippen molar-refractivity contribution in [3.8, 4) is 5.69 Å². The lowest BCUT2D eigenvalue weighted by molar-refractivity contribution is 0.255. The van der Waals surface area contributed by atoms with Crippen LogP contribution in [0.2, 0.25) is 0 Å². The van der Waals surface area contributed by atoms with Gasteiger partial charge in [-0.15, -0.1) is 0 Å². The van der Waals surface area contributed by atoms with Gasteiger partial charge in [-0.2, -0.15) is 0 Å². The summed E-state index contributed by atoms with van der Waals surface area (Å²) >= 11 is 0. The van der Waals surface area contributed by atoms with E-state index in [2.05, 4.69) is 9.97 Å². The fourth-order valence-corrected chi connectivity index (χ4v) is 3.53. The molecule has 1 aromatic carbocycles. The summed E-state index contributed by atoms with van der Waals surface area (Å²) in [7, 11) is 0. The van der Waals surface area contributed by atoms with Crippen LogP contribution < -0.4 is 9.80 Å². The molecule has 158 valence electrons. The molecule has 2 aromatic heterocycles. The first-order valence-corrected chi connectivity index (χ1v) is 10.0. The normalized spacial score (nSPS) is 13.7. The van der Waals surface area contributed by atoms with Crippen LogP contribution in [0, 0.1) is 10.8 Å². The fourth-order valence-electron chi connectivity index (χ4n) is 3.53. The predicted octanol–water partition coefficient (Wildman–Crippen LogP) is 3.36. The van der Waals surface area contributed by atoms with Crippen LogP contribution in [0.1, 0.15) is 19.5 Å². The van der Waals surface area contributed by atoms with Crippen LogP contribution in [-0.2, 0) is 0 Å². The molecule has 0 atom stereocenters. The number of benzene rings is 1. The van der Waals surface area contributed by atoms with Gasteiger partial charge in [-0.3, -0.25) is 20.6 Å². The molecule has 4 rings (SSSR count). The van der Waals surface area contributed by atoms with Crippen LogP contribution in [0.4, 0.5) is 16.3 Å². The Morgan fingerprint density at radius 2 is 1.87 bits per heavy atom. The van der Waals surface area contributed by atoms with Crippen molar-refractivity contribution >= 4 is 29.7 Å². The van der Waals surface area contributed by atoms with E-state index in [1.165, 1.54) is 4.90 Å². The van der Waals surface area contributed by atoms with Crippen LogP contribution >= 0.6 is 0 Å². The number of imidazole rings is 1. The number of amides is 2. The third-order valence-electron chi connectivity index (χ3n) is 5.16. The minimum Gasteiger partial charge on any atom is -0.314 e. The molecule has 0 saturated carbocycles. The Kier molecular flexibility index (Phi) is 5.48. The van der Waals surface area contributed by atoms with Crippen molar-refractivity contribution in [3.05, 3.63) is 66.9 Å². The van der Waals surface area contributed by atoms with Gasteiger partial charge >= 0.3 is 6.03 Å². The van der Waals surface area contributed by atoms with E-state index in [0.29, 0.717) is 24.6 Å². The minimum absolute atomic E-state index is 0.0397. The van der Waals surface area contributed by atoms with Gasteiger partial charge in [0.1, 0.15) is 11.5 Å². The summed E-state index contributed by atoms with van der Waals surface area (Å²) in [4.78, 5) is 26.6. The first kappa shape index (κ1) is 20.3. The highest BCUT2D eigenvalue weighted by molar-refractivity contribution is 6.06. The number of aromatic nitrogens is 3. The third-order valence-corrected chi connectivity index (χ3v) is 5.16. The molecule has 0 bridgehead atoms. The zero-order valence-electron chi connectivity index (χ0n) is 17.4. The number of pyridine rings is 1. The standard InChI is InChI=1S/C22H24N8O/c1-16(2)30(14-23)21(24)19-7-4-8-20(26-19)29-12-11-28(22(29)31)18-6-3-5-17(13-18)27-10-9-25-15-27/h3-10,13-16,23-24H,11-12H2,1-2H3. The summed E-state index contributed by atoms with van der Waals surface area (Å²) < 4.78 is 1.89. The molecule has 9 nitrogen and oxygen atoms in total. The lowest BCUT2D eigenvalue weighted by Crippen LogP contribution is -2.36. The van der Waals surface area contributed by atoms with Crippen molar-refractivity contribution in [2.24, 2.45) is 0 Å². The third kappa shape index (κ3) is 3.89. The summed E-state index contributed by atoms with van der Waals surface area (Å²) in [6.45, 7) is 4.84. The summed E-state index contributed by atoms with van der Waals surface area (Å²) in [5.74, 6) is 0.623. The molecular formula is C22H24N8O. The first-order chi connectivity index (χ1) is 15.0. The van der Waals surface area contributed by atoms with E-state index in [9.17, 15) is 4.79 Å². The van der Waals surface area contributed by atoms with Crippen LogP contribution in [0.25, 0.3) is 5.69 Å². The molecule has 31 heavy (non-hydrogen) atoms. The average molecular weight is 416 g/mol. The molecule has 3 heterocycles. The van der Waals surface area contributed by atoms with Crippen LogP contribution in [0.3, 0.4) is 0 Å². The Balaban J connectivity index is 1.57. The number of carbonyl (C=O) groups is 1. The quantitative estimate of drug-likeness (QED) is 0.475. The largest absolute Gasteiger partial charge is 0.330 e. The number of rotatable bonds is 6. The van der Waals surface area contributed by atoms with Gasteiger partial charge in [-0.05, 0) is 44.2 Å². The van der Waals surface area contributed by atoms with E-state index in [-0.39, 0.29) is 17.9 Å². The van der Waals surface area contributed by atoms with Gasteiger partial charge in [-0.25, -0.2) is 14.8 Å². The molecule has 0 spiro atoms. The number of nitrogens with zero attached hydrogens (tertiary/aromatic N) is 6. The number of urea groups is 1. The molecule has 9 heteroatoms. The zero-order chi connectivity index (χ0) is 22.0. The van der Waals surface area contributed by atoms with E-state index in [0.717, 1.165) is 17.7 Å². The Morgan fingerprint density at radius 3 is 2.58 bits per heavy atom. The minimum atomic E-state index is -0.160. The number of anilines is 2. The van der Waals surface area contributed by atoms with Gasteiger partial charge in [0.25, 0.3) is 0 Å². The Morgan fingerprint density at radius 1 is 1.13 bits per heavy atom. The van der Waals surface area contributed by atoms with E-state index in [1.807, 2.05) is 48.9 Å². The van der Waals surface area contributed by atoms with Gasteiger partial charge in [0, 0.05) is 42.9 Å². The maximum atomic E-state index is 13.2. The SMILES string of the molecule is CC(C)N(C=N)C(=N)c1cccc(N2CCN(c3cccc(-n4ccnc4)c3)C2=O)n1. The van der Waals surface area contributed by atoms with Crippen molar-refractivity contribution in [2.45, 2.75) is 19.9 Å². The lowest BCUT2D eigenvalue weighted by atomic mass is 10.2. The fraction of sp³-hybridized carbons (Fsp3) is 0.227. The molecule has 1 saturated heterocycles. The maximum Gasteiger partial charge on any atom is 0.330 e. The molecule has 0 unspecified atom stereocenters. The molecule has 0 radical (unpaired) electrons. The average Bonchev–Trinajstić information content (AvgIpc) is 3.44. The van der Waals surface area contributed by atoms with E-state index in [1.54, 1.807) is 40.5 Å². The zero-order valence-corrected chi connectivity index (χ0v) is 17.4. The molecule has 0 aliphatic carbocycles.